The van der Waals surface area contributed by atoms with E-state index in [9.17, 15) is 9.90 Å². The van der Waals surface area contributed by atoms with Crippen molar-refractivity contribution >= 4 is 21.9 Å². The van der Waals surface area contributed by atoms with Gasteiger partial charge in [-0.15, -0.1) is 0 Å². The molecular formula is C13H20BrN3O2. The molecule has 1 atom stereocenters. The lowest BCUT2D eigenvalue weighted by Gasteiger charge is -2.41. The van der Waals surface area contributed by atoms with Crippen molar-refractivity contribution in [3.8, 4) is 0 Å². The Labute approximate surface area is 121 Å². The van der Waals surface area contributed by atoms with Crippen LogP contribution in [0.3, 0.4) is 0 Å². The second-order valence-corrected chi connectivity index (χ2v) is 6.22. The predicted molar refractivity (Wildman–Crippen MR) is 75.9 cm³/mol. The van der Waals surface area contributed by atoms with Gasteiger partial charge in [-0.25, -0.2) is 0 Å². The maximum Gasteiger partial charge on any atom is 0.323 e. The first-order valence-electron chi connectivity index (χ1n) is 6.52. The van der Waals surface area contributed by atoms with E-state index in [-0.39, 0.29) is 0 Å². The van der Waals surface area contributed by atoms with Crippen molar-refractivity contribution in [3.63, 3.8) is 0 Å². The van der Waals surface area contributed by atoms with E-state index in [0.29, 0.717) is 13.0 Å². The number of carboxylic acid groups (broad SMARTS) is 1. The van der Waals surface area contributed by atoms with Gasteiger partial charge in [0.1, 0.15) is 5.54 Å². The maximum absolute atomic E-state index is 11.6. The van der Waals surface area contributed by atoms with Crippen molar-refractivity contribution in [3.05, 3.63) is 15.9 Å². The molecule has 1 unspecified atom stereocenters. The summed E-state index contributed by atoms with van der Waals surface area (Å²) in [5.74, 6) is -0.734. The minimum Gasteiger partial charge on any atom is -0.480 e. The molecule has 1 N–H and O–H groups in total. The summed E-state index contributed by atoms with van der Waals surface area (Å²) < 4.78 is 2.81. The first-order valence-corrected chi connectivity index (χ1v) is 7.32. The highest BCUT2D eigenvalue weighted by Crippen LogP contribution is 2.31. The van der Waals surface area contributed by atoms with Crippen LogP contribution >= 0.6 is 15.9 Å². The van der Waals surface area contributed by atoms with Crippen LogP contribution in [-0.4, -0.2) is 37.8 Å². The predicted octanol–water partition coefficient (Wildman–Crippen LogP) is 2.32. The number of piperidine rings is 1. The van der Waals surface area contributed by atoms with Crippen LogP contribution in [0.1, 0.15) is 37.6 Å². The van der Waals surface area contributed by atoms with Crippen molar-refractivity contribution in [1.82, 2.24) is 14.7 Å². The third kappa shape index (κ3) is 2.56. The molecule has 0 spiro atoms. The monoisotopic (exact) mass is 329 g/mol. The number of aromatic nitrogens is 2. The topological polar surface area (TPSA) is 58.4 Å². The highest BCUT2D eigenvalue weighted by Gasteiger charge is 2.41. The van der Waals surface area contributed by atoms with Crippen LogP contribution in [0.2, 0.25) is 0 Å². The van der Waals surface area contributed by atoms with E-state index >= 15 is 0 Å². The van der Waals surface area contributed by atoms with Crippen LogP contribution in [0, 0.1) is 6.92 Å². The highest BCUT2D eigenvalue weighted by molar-refractivity contribution is 9.10. The lowest BCUT2D eigenvalue weighted by Crippen LogP contribution is -2.54. The Balaban J connectivity index is 2.27. The summed E-state index contributed by atoms with van der Waals surface area (Å²) in [6, 6.07) is 0. The number of likely N-dealkylation sites (tertiary alicyclic amines) is 1. The Bertz CT molecular complexity index is 500. The van der Waals surface area contributed by atoms with Crippen LogP contribution in [0.15, 0.2) is 4.47 Å². The zero-order valence-corrected chi connectivity index (χ0v) is 13.2. The number of nitrogens with zero attached hydrogens (tertiary/aromatic N) is 3. The zero-order chi connectivity index (χ0) is 14.2. The first-order chi connectivity index (χ1) is 8.86. The third-order valence-electron chi connectivity index (χ3n) is 4.10. The lowest BCUT2D eigenvalue weighted by atomic mass is 9.88. The number of carboxylic acids is 1. The SMILES string of the molecule is Cc1nn(C)c(CN2CCCCC2(C)C(=O)O)c1Br. The fraction of sp³-hybridized carbons (Fsp3) is 0.692. The number of aryl methyl sites for hydroxylation is 2. The standard InChI is InChI=1S/C13H20BrN3O2/c1-9-11(14)10(16(3)15-9)8-17-7-5-4-6-13(17,2)12(18)19/h4-8H2,1-3H3,(H,18,19). The van der Waals surface area contributed by atoms with E-state index in [0.717, 1.165) is 35.2 Å². The third-order valence-corrected chi connectivity index (χ3v) is 5.13. The van der Waals surface area contributed by atoms with Gasteiger partial charge < -0.3 is 5.11 Å². The van der Waals surface area contributed by atoms with Gasteiger partial charge in [-0.05, 0) is 55.6 Å². The van der Waals surface area contributed by atoms with Gasteiger partial charge in [0.05, 0.1) is 15.9 Å². The van der Waals surface area contributed by atoms with Gasteiger partial charge in [0.15, 0.2) is 0 Å². The Hall–Kier alpha value is -0.880. The molecule has 0 radical (unpaired) electrons. The normalized spacial score (nSPS) is 24.6. The van der Waals surface area contributed by atoms with Crippen LogP contribution in [0.25, 0.3) is 0 Å². The molecule has 0 aromatic carbocycles. The number of hydrogen-bond acceptors (Lipinski definition) is 3. The first kappa shape index (κ1) is 14.5. The fourth-order valence-corrected chi connectivity index (χ4v) is 3.17. The minimum atomic E-state index is -0.768. The average Bonchev–Trinajstić information content (AvgIpc) is 2.58. The summed E-state index contributed by atoms with van der Waals surface area (Å²) in [5, 5.41) is 13.9. The summed E-state index contributed by atoms with van der Waals surface area (Å²) >= 11 is 3.54. The summed E-state index contributed by atoms with van der Waals surface area (Å²) in [7, 11) is 1.90. The van der Waals surface area contributed by atoms with E-state index in [1.54, 1.807) is 0 Å². The van der Waals surface area contributed by atoms with Crippen LogP contribution in [-0.2, 0) is 18.4 Å². The van der Waals surface area contributed by atoms with Gasteiger partial charge in [-0.2, -0.15) is 5.10 Å². The Kier molecular flexibility index (Phi) is 4.01. The van der Waals surface area contributed by atoms with Gasteiger partial charge in [-0.3, -0.25) is 14.4 Å². The number of halogens is 1. The van der Waals surface area contributed by atoms with Crippen molar-refractivity contribution in [2.45, 2.75) is 45.2 Å². The molecule has 1 aromatic rings. The second kappa shape index (κ2) is 5.25. The van der Waals surface area contributed by atoms with Gasteiger partial charge in [0.25, 0.3) is 0 Å². The Morgan fingerprint density at radius 1 is 1.53 bits per heavy atom. The molecule has 1 aliphatic heterocycles. The maximum atomic E-state index is 11.6. The highest BCUT2D eigenvalue weighted by atomic mass is 79.9. The van der Waals surface area contributed by atoms with E-state index in [2.05, 4.69) is 25.9 Å². The van der Waals surface area contributed by atoms with Crippen LogP contribution < -0.4 is 0 Å². The van der Waals surface area contributed by atoms with Gasteiger partial charge in [0, 0.05) is 13.6 Å². The molecule has 1 saturated heterocycles. The molecule has 5 nitrogen and oxygen atoms in total. The molecule has 0 bridgehead atoms. The molecule has 106 valence electrons. The summed E-state index contributed by atoms with van der Waals surface area (Å²) in [6.45, 7) is 5.20. The smallest absolute Gasteiger partial charge is 0.323 e. The molecular weight excluding hydrogens is 310 g/mol. The number of aliphatic carboxylic acids is 1. The molecule has 0 aliphatic carbocycles. The molecule has 1 aromatic heterocycles. The summed E-state index contributed by atoms with van der Waals surface area (Å²) in [6.07, 6.45) is 2.74. The van der Waals surface area contributed by atoms with Crippen molar-refractivity contribution in [2.24, 2.45) is 7.05 Å². The van der Waals surface area contributed by atoms with Gasteiger partial charge >= 0.3 is 5.97 Å². The van der Waals surface area contributed by atoms with E-state index in [1.807, 2.05) is 25.6 Å². The van der Waals surface area contributed by atoms with Crippen molar-refractivity contribution in [1.29, 1.82) is 0 Å². The molecule has 1 aliphatic rings. The van der Waals surface area contributed by atoms with Crippen molar-refractivity contribution < 1.29 is 9.90 Å². The largest absolute Gasteiger partial charge is 0.480 e. The van der Waals surface area contributed by atoms with E-state index in [1.165, 1.54) is 0 Å². The summed E-state index contributed by atoms with van der Waals surface area (Å²) in [5.41, 5.74) is 1.20. The quantitative estimate of drug-likeness (QED) is 0.924. The molecule has 6 heteroatoms. The number of carbonyl (C=O) groups is 1. The van der Waals surface area contributed by atoms with Crippen molar-refractivity contribution in [2.75, 3.05) is 6.54 Å². The molecule has 2 rings (SSSR count). The number of rotatable bonds is 3. The minimum absolute atomic E-state index is 0.612. The summed E-state index contributed by atoms with van der Waals surface area (Å²) in [4.78, 5) is 13.6. The molecule has 0 amide bonds. The molecule has 19 heavy (non-hydrogen) atoms. The van der Waals surface area contributed by atoms with Gasteiger partial charge in [-0.1, -0.05) is 0 Å². The Morgan fingerprint density at radius 3 is 2.74 bits per heavy atom. The lowest BCUT2D eigenvalue weighted by molar-refractivity contribution is -0.153. The molecule has 2 heterocycles. The number of hydrogen-bond donors (Lipinski definition) is 1. The van der Waals surface area contributed by atoms with Crippen LogP contribution in [0.5, 0.6) is 0 Å². The Morgan fingerprint density at radius 2 is 2.21 bits per heavy atom. The molecule has 1 fully saturated rings. The van der Waals surface area contributed by atoms with E-state index in [4.69, 9.17) is 0 Å². The van der Waals surface area contributed by atoms with Crippen LogP contribution in [0.4, 0.5) is 0 Å². The van der Waals surface area contributed by atoms with Gasteiger partial charge in [0.2, 0.25) is 0 Å². The zero-order valence-electron chi connectivity index (χ0n) is 11.6. The second-order valence-electron chi connectivity index (χ2n) is 5.43. The average molecular weight is 330 g/mol. The fourth-order valence-electron chi connectivity index (χ4n) is 2.71. The van der Waals surface area contributed by atoms with E-state index < -0.39 is 11.5 Å². The molecule has 0 saturated carbocycles.